The Kier molecular flexibility index (Phi) is 6.44. The predicted octanol–water partition coefficient (Wildman–Crippen LogP) is 1.17. The molecule has 7 nitrogen and oxygen atoms in total. The van der Waals surface area contributed by atoms with Gasteiger partial charge in [-0.3, -0.25) is 19.2 Å². The van der Waals surface area contributed by atoms with Gasteiger partial charge in [0.2, 0.25) is 5.91 Å². The summed E-state index contributed by atoms with van der Waals surface area (Å²) in [5.74, 6) is -1.45. The second kappa shape index (κ2) is 8.07. The van der Waals surface area contributed by atoms with Crippen LogP contribution in [0.3, 0.4) is 0 Å². The molecule has 0 fully saturated rings. The van der Waals surface area contributed by atoms with Crippen molar-refractivity contribution in [3.8, 4) is 11.5 Å². The Hall–Kier alpha value is -2.70. The van der Waals surface area contributed by atoms with Crippen LogP contribution in [0.1, 0.15) is 33.3 Å². The van der Waals surface area contributed by atoms with E-state index >= 15 is 0 Å². The smallest absolute Gasteiger partial charge is 0.308 e. The number of nitrogens with one attached hydrogen (secondary N) is 1. The van der Waals surface area contributed by atoms with Crippen molar-refractivity contribution >= 4 is 23.6 Å². The summed E-state index contributed by atoms with van der Waals surface area (Å²) in [4.78, 5) is 45.0. The van der Waals surface area contributed by atoms with Crippen LogP contribution in [0, 0.1) is 0 Å². The zero-order chi connectivity index (χ0) is 17.6. The Morgan fingerprint density at radius 1 is 0.957 bits per heavy atom. The second-order valence-corrected chi connectivity index (χ2v) is 5.04. The highest BCUT2D eigenvalue weighted by Crippen LogP contribution is 2.29. The number of hydrogen-bond acceptors (Lipinski definition) is 6. The zero-order valence-electron chi connectivity index (χ0n) is 13.5. The first-order valence-corrected chi connectivity index (χ1v) is 6.96. The summed E-state index contributed by atoms with van der Waals surface area (Å²) in [6, 6.07) is 3.91. The molecule has 0 radical (unpaired) electrons. The molecular formula is C16H19NO6. The highest BCUT2D eigenvalue weighted by molar-refractivity contribution is 5.87. The summed E-state index contributed by atoms with van der Waals surface area (Å²) in [5.41, 5.74) is 0.645. The van der Waals surface area contributed by atoms with E-state index in [9.17, 15) is 19.2 Å². The Labute approximate surface area is 134 Å². The van der Waals surface area contributed by atoms with Crippen LogP contribution in [0.5, 0.6) is 11.5 Å². The van der Waals surface area contributed by atoms with E-state index in [1.54, 1.807) is 6.07 Å². The van der Waals surface area contributed by atoms with Crippen molar-refractivity contribution in [2.75, 3.05) is 0 Å². The number of ether oxygens (including phenoxy) is 2. The van der Waals surface area contributed by atoms with Crippen LogP contribution in [0.4, 0.5) is 0 Å². The van der Waals surface area contributed by atoms with Crippen LogP contribution in [0.25, 0.3) is 0 Å². The molecule has 0 aromatic heterocycles. The third-order valence-corrected chi connectivity index (χ3v) is 2.82. The van der Waals surface area contributed by atoms with E-state index in [0.29, 0.717) is 5.56 Å². The maximum absolute atomic E-state index is 11.6. The van der Waals surface area contributed by atoms with Crippen molar-refractivity contribution in [1.29, 1.82) is 0 Å². The van der Waals surface area contributed by atoms with Crippen molar-refractivity contribution in [3.63, 3.8) is 0 Å². The van der Waals surface area contributed by atoms with Crippen molar-refractivity contribution in [2.45, 2.75) is 40.2 Å². The maximum Gasteiger partial charge on any atom is 0.308 e. The van der Waals surface area contributed by atoms with Crippen LogP contribution in [0.2, 0.25) is 0 Å². The summed E-state index contributed by atoms with van der Waals surface area (Å²) in [7, 11) is 0. The Balaban J connectivity index is 3.07. The molecule has 0 spiro atoms. The van der Waals surface area contributed by atoms with Gasteiger partial charge in [0.25, 0.3) is 0 Å². The molecule has 0 unspecified atom stereocenters. The second-order valence-electron chi connectivity index (χ2n) is 5.04. The molecule has 1 atom stereocenters. The molecule has 0 aliphatic carbocycles. The van der Waals surface area contributed by atoms with Crippen molar-refractivity contribution in [2.24, 2.45) is 0 Å². The van der Waals surface area contributed by atoms with E-state index in [0.717, 1.165) is 0 Å². The number of carbonyl (C=O) groups excluding carboxylic acids is 4. The monoisotopic (exact) mass is 321 g/mol. The van der Waals surface area contributed by atoms with Gasteiger partial charge in [0.1, 0.15) is 0 Å². The lowest BCUT2D eigenvalue weighted by Gasteiger charge is -2.16. The van der Waals surface area contributed by atoms with Gasteiger partial charge in [-0.05, 0) is 31.0 Å². The van der Waals surface area contributed by atoms with Crippen LogP contribution < -0.4 is 14.8 Å². The summed E-state index contributed by atoms with van der Waals surface area (Å²) >= 11 is 0. The van der Waals surface area contributed by atoms with Crippen LogP contribution in [-0.4, -0.2) is 29.7 Å². The molecule has 1 aromatic carbocycles. The minimum Gasteiger partial charge on any atom is -0.423 e. The standard InChI is InChI=1S/C16H19NO6/c1-9(18)14(17-10(2)19)7-13-5-6-15(22-11(3)20)16(8-13)23-12(4)21/h5-6,8,14H,7H2,1-4H3,(H,17,19)/t14-/m1/s1. The summed E-state index contributed by atoms with van der Waals surface area (Å²) in [6.07, 6.45) is 0.226. The van der Waals surface area contributed by atoms with Gasteiger partial charge in [-0.25, -0.2) is 0 Å². The molecule has 0 aliphatic rings. The first-order chi connectivity index (χ1) is 10.7. The van der Waals surface area contributed by atoms with E-state index < -0.39 is 18.0 Å². The topological polar surface area (TPSA) is 98.8 Å². The number of amides is 1. The quantitative estimate of drug-likeness (QED) is 0.624. The molecule has 0 saturated heterocycles. The number of rotatable bonds is 6. The number of hydrogen-bond donors (Lipinski definition) is 1. The van der Waals surface area contributed by atoms with Gasteiger partial charge in [-0.1, -0.05) is 6.07 Å². The minimum absolute atomic E-state index is 0.0790. The molecule has 0 saturated carbocycles. The molecule has 0 bridgehead atoms. The average molecular weight is 321 g/mol. The molecule has 7 heteroatoms. The van der Waals surface area contributed by atoms with E-state index in [1.807, 2.05) is 0 Å². The van der Waals surface area contributed by atoms with Crippen LogP contribution >= 0.6 is 0 Å². The Bertz CT molecular complexity index is 637. The minimum atomic E-state index is -0.683. The molecule has 1 amide bonds. The zero-order valence-corrected chi connectivity index (χ0v) is 13.5. The lowest BCUT2D eigenvalue weighted by molar-refractivity contribution is -0.134. The fraction of sp³-hybridized carbons (Fsp3) is 0.375. The molecule has 23 heavy (non-hydrogen) atoms. The fourth-order valence-electron chi connectivity index (χ4n) is 1.93. The van der Waals surface area contributed by atoms with Crippen molar-refractivity contribution in [1.82, 2.24) is 5.32 Å². The third-order valence-electron chi connectivity index (χ3n) is 2.82. The Morgan fingerprint density at radius 3 is 2.00 bits per heavy atom. The Morgan fingerprint density at radius 2 is 1.52 bits per heavy atom. The number of esters is 2. The van der Waals surface area contributed by atoms with Gasteiger partial charge in [-0.2, -0.15) is 0 Å². The van der Waals surface area contributed by atoms with E-state index in [-0.39, 0.29) is 29.6 Å². The summed E-state index contributed by atoms with van der Waals surface area (Å²) < 4.78 is 9.99. The van der Waals surface area contributed by atoms with Crippen molar-refractivity contribution in [3.05, 3.63) is 23.8 Å². The highest BCUT2D eigenvalue weighted by atomic mass is 16.6. The number of carbonyl (C=O) groups is 4. The largest absolute Gasteiger partial charge is 0.423 e. The van der Waals surface area contributed by atoms with E-state index in [4.69, 9.17) is 9.47 Å². The van der Waals surface area contributed by atoms with Gasteiger partial charge in [0.05, 0.1) is 6.04 Å². The van der Waals surface area contributed by atoms with E-state index in [1.165, 1.54) is 39.8 Å². The van der Waals surface area contributed by atoms with Gasteiger partial charge < -0.3 is 14.8 Å². The van der Waals surface area contributed by atoms with Crippen LogP contribution in [-0.2, 0) is 25.6 Å². The van der Waals surface area contributed by atoms with Crippen LogP contribution in [0.15, 0.2) is 18.2 Å². The molecule has 1 N–H and O–H groups in total. The van der Waals surface area contributed by atoms with Gasteiger partial charge in [0, 0.05) is 20.8 Å². The molecule has 124 valence electrons. The van der Waals surface area contributed by atoms with Gasteiger partial charge in [0.15, 0.2) is 17.3 Å². The SMILES string of the molecule is CC(=O)N[C@H](Cc1ccc(OC(C)=O)c(OC(C)=O)c1)C(C)=O. The predicted molar refractivity (Wildman–Crippen MR) is 81.0 cm³/mol. The van der Waals surface area contributed by atoms with E-state index in [2.05, 4.69) is 5.32 Å². The molecule has 1 rings (SSSR count). The highest BCUT2D eigenvalue weighted by Gasteiger charge is 2.18. The first kappa shape index (κ1) is 18.3. The molecule has 0 heterocycles. The summed E-state index contributed by atoms with van der Waals surface area (Å²) in [6.45, 7) is 5.15. The summed E-state index contributed by atoms with van der Waals surface area (Å²) in [5, 5.41) is 2.55. The lowest BCUT2D eigenvalue weighted by atomic mass is 10.0. The molecule has 1 aromatic rings. The number of Topliss-reactive ketones (excluding diaryl/α,β-unsaturated/α-hetero) is 1. The van der Waals surface area contributed by atoms with Gasteiger partial charge in [-0.15, -0.1) is 0 Å². The molecule has 0 aliphatic heterocycles. The van der Waals surface area contributed by atoms with Crippen molar-refractivity contribution < 1.29 is 28.7 Å². The fourth-order valence-corrected chi connectivity index (χ4v) is 1.93. The number of ketones is 1. The maximum atomic E-state index is 11.6. The normalized spacial score (nSPS) is 11.3. The third kappa shape index (κ3) is 6.29. The number of benzene rings is 1. The first-order valence-electron chi connectivity index (χ1n) is 6.96. The average Bonchev–Trinajstić information content (AvgIpc) is 2.39. The molecular weight excluding hydrogens is 302 g/mol. The van der Waals surface area contributed by atoms with Gasteiger partial charge >= 0.3 is 11.9 Å². The lowest BCUT2D eigenvalue weighted by Crippen LogP contribution is -2.40.